The summed E-state index contributed by atoms with van der Waals surface area (Å²) in [6.07, 6.45) is 1.33. The molecule has 0 aliphatic carbocycles. The van der Waals surface area contributed by atoms with E-state index in [9.17, 15) is 0 Å². The smallest absolute Gasteiger partial charge is 0.0244 e. The molecule has 1 aliphatic rings. The van der Waals surface area contributed by atoms with Gasteiger partial charge in [-0.25, -0.2) is 0 Å². The fraction of sp³-hybridized carbons (Fsp3) is 1.00. The van der Waals surface area contributed by atoms with E-state index in [0.717, 1.165) is 6.54 Å². The summed E-state index contributed by atoms with van der Waals surface area (Å²) in [5, 5.41) is 3.69. The van der Waals surface area contributed by atoms with E-state index >= 15 is 0 Å². The molecular formula is C14H30N2S. The van der Waals surface area contributed by atoms with E-state index in [-0.39, 0.29) is 0 Å². The van der Waals surface area contributed by atoms with Crippen molar-refractivity contribution >= 4 is 11.8 Å². The van der Waals surface area contributed by atoms with Gasteiger partial charge in [-0.05, 0) is 36.8 Å². The molecule has 0 spiro atoms. The molecule has 1 heterocycles. The third-order valence-electron chi connectivity index (χ3n) is 3.68. The lowest BCUT2D eigenvalue weighted by molar-refractivity contribution is 0.0942. The topological polar surface area (TPSA) is 15.3 Å². The van der Waals surface area contributed by atoms with E-state index in [2.05, 4.69) is 56.6 Å². The number of thioether (sulfide) groups is 1. The highest BCUT2D eigenvalue weighted by Crippen LogP contribution is 2.23. The summed E-state index contributed by atoms with van der Waals surface area (Å²) in [5.74, 6) is 2.56. The number of nitrogens with one attached hydrogen (secondary N) is 1. The van der Waals surface area contributed by atoms with Crippen molar-refractivity contribution in [1.29, 1.82) is 0 Å². The Hall–Kier alpha value is 0.270. The average Bonchev–Trinajstić information content (AvgIpc) is 2.25. The summed E-state index contributed by atoms with van der Waals surface area (Å²) in [7, 11) is 0. The van der Waals surface area contributed by atoms with Crippen molar-refractivity contribution in [3.05, 3.63) is 0 Å². The number of rotatable bonds is 5. The van der Waals surface area contributed by atoms with Crippen LogP contribution >= 0.6 is 11.8 Å². The Morgan fingerprint density at radius 3 is 2.65 bits per heavy atom. The van der Waals surface area contributed by atoms with Crippen molar-refractivity contribution in [3.8, 4) is 0 Å². The van der Waals surface area contributed by atoms with Crippen LogP contribution in [0, 0.1) is 5.41 Å². The Morgan fingerprint density at radius 2 is 2.06 bits per heavy atom. The standard InChI is InChI=1S/C14H30N2S/c1-6-17-9-7-8-16-11-13(14(3,4)5)15-10-12(16)2/h12-13,15H,6-11H2,1-5H3. The summed E-state index contributed by atoms with van der Waals surface area (Å²) in [6, 6.07) is 1.33. The molecule has 0 aromatic heterocycles. The fourth-order valence-corrected chi connectivity index (χ4v) is 2.95. The Bertz CT molecular complexity index is 213. The Morgan fingerprint density at radius 1 is 1.35 bits per heavy atom. The minimum Gasteiger partial charge on any atom is -0.311 e. The zero-order chi connectivity index (χ0) is 12.9. The first-order valence-electron chi connectivity index (χ1n) is 7.00. The van der Waals surface area contributed by atoms with Crippen LogP contribution in [0.15, 0.2) is 0 Å². The number of piperazine rings is 1. The van der Waals surface area contributed by atoms with Gasteiger partial charge in [0.15, 0.2) is 0 Å². The zero-order valence-corrected chi connectivity index (χ0v) is 13.1. The van der Waals surface area contributed by atoms with Crippen molar-refractivity contribution in [2.75, 3.05) is 31.1 Å². The molecule has 1 rings (SSSR count). The Balaban J connectivity index is 2.36. The van der Waals surface area contributed by atoms with Crippen molar-refractivity contribution in [2.24, 2.45) is 5.41 Å². The first kappa shape index (κ1) is 15.3. The summed E-state index contributed by atoms with van der Waals surface area (Å²) in [4.78, 5) is 2.67. The van der Waals surface area contributed by atoms with Crippen LogP contribution in [0.5, 0.6) is 0 Å². The second-order valence-corrected chi connectivity index (χ2v) is 7.62. The zero-order valence-electron chi connectivity index (χ0n) is 12.3. The van der Waals surface area contributed by atoms with Crippen molar-refractivity contribution < 1.29 is 0 Å². The summed E-state index contributed by atoms with van der Waals surface area (Å²) in [6.45, 7) is 15.2. The number of nitrogens with zero attached hydrogens (tertiary/aromatic N) is 1. The SMILES string of the molecule is CCSCCCN1CC(C(C)(C)C)NCC1C. The van der Waals surface area contributed by atoms with Gasteiger partial charge < -0.3 is 5.32 Å². The van der Waals surface area contributed by atoms with Gasteiger partial charge in [0.25, 0.3) is 0 Å². The van der Waals surface area contributed by atoms with Crippen LogP contribution in [-0.2, 0) is 0 Å². The highest BCUT2D eigenvalue weighted by molar-refractivity contribution is 7.99. The molecule has 0 radical (unpaired) electrons. The van der Waals surface area contributed by atoms with E-state index in [1.54, 1.807) is 0 Å². The highest BCUT2D eigenvalue weighted by Gasteiger charge is 2.31. The second-order valence-electron chi connectivity index (χ2n) is 6.22. The van der Waals surface area contributed by atoms with E-state index < -0.39 is 0 Å². The second kappa shape index (κ2) is 7.01. The van der Waals surface area contributed by atoms with Gasteiger partial charge in [-0.2, -0.15) is 11.8 Å². The molecule has 0 amide bonds. The quantitative estimate of drug-likeness (QED) is 0.764. The molecular weight excluding hydrogens is 228 g/mol. The number of hydrogen-bond acceptors (Lipinski definition) is 3. The van der Waals surface area contributed by atoms with Gasteiger partial charge >= 0.3 is 0 Å². The molecule has 102 valence electrons. The first-order chi connectivity index (χ1) is 7.95. The molecule has 1 N–H and O–H groups in total. The van der Waals surface area contributed by atoms with Gasteiger partial charge in [0.05, 0.1) is 0 Å². The summed E-state index contributed by atoms with van der Waals surface area (Å²) < 4.78 is 0. The average molecular weight is 258 g/mol. The first-order valence-corrected chi connectivity index (χ1v) is 8.15. The molecule has 0 aromatic carbocycles. The summed E-state index contributed by atoms with van der Waals surface area (Å²) in [5.41, 5.74) is 0.372. The van der Waals surface area contributed by atoms with Crippen LogP contribution in [0.25, 0.3) is 0 Å². The van der Waals surface area contributed by atoms with E-state index in [0.29, 0.717) is 17.5 Å². The van der Waals surface area contributed by atoms with Gasteiger partial charge in [-0.15, -0.1) is 0 Å². The van der Waals surface area contributed by atoms with Gasteiger partial charge in [-0.3, -0.25) is 4.90 Å². The monoisotopic (exact) mass is 258 g/mol. The predicted octanol–water partition coefficient (Wildman–Crippen LogP) is 2.84. The lowest BCUT2D eigenvalue weighted by Gasteiger charge is -2.44. The lowest BCUT2D eigenvalue weighted by atomic mass is 9.85. The van der Waals surface area contributed by atoms with E-state index in [1.165, 1.54) is 31.0 Å². The Kier molecular flexibility index (Phi) is 6.32. The van der Waals surface area contributed by atoms with Gasteiger partial charge in [-0.1, -0.05) is 27.7 Å². The maximum absolute atomic E-state index is 3.69. The van der Waals surface area contributed by atoms with E-state index in [1.807, 2.05) is 0 Å². The van der Waals surface area contributed by atoms with Gasteiger partial charge in [0.2, 0.25) is 0 Å². The minimum atomic E-state index is 0.372. The molecule has 3 heteroatoms. The molecule has 0 saturated carbocycles. The largest absolute Gasteiger partial charge is 0.311 e. The third kappa shape index (κ3) is 5.19. The molecule has 2 unspecified atom stereocenters. The maximum atomic E-state index is 3.69. The minimum absolute atomic E-state index is 0.372. The highest BCUT2D eigenvalue weighted by atomic mass is 32.2. The molecule has 1 saturated heterocycles. The molecule has 1 fully saturated rings. The van der Waals surface area contributed by atoms with Crippen molar-refractivity contribution in [3.63, 3.8) is 0 Å². The van der Waals surface area contributed by atoms with Crippen LogP contribution in [0.3, 0.4) is 0 Å². The maximum Gasteiger partial charge on any atom is 0.0244 e. The van der Waals surface area contributed by atoms with Crippen LogP contribution < -0.4 is 5.32 Å². The predicted molar refractivity (Wildman–Crippen MR) is 79.9 cm³/mol. The van der Waals surface area contributed by atoms with Crippen molar-refractivity contribution in [2.45, 2.75) is 53.1 Å². The molecule has 0 bridgehead atoms. The molecule has 2 nitrogen and oxygen atoms in total. The Labute approximate surface area is 112 Å². The van der Waals surface area contributed by atoms with Crippen LogP contribution in [0.4, 0.5) is 0 Å². The van der Waals surface area contributed by atoms with E-state index in [4.69, 9.17) is 0 Å². The summed E-state index contributed by atoms with van der Waals surface area (Å²) >= 11 is 2.06. The third-order valence-corrected chi connectivity index (χ3v) is 4.67. The van der Waals surface area contributed by atoms with Crippen molar-refractivity contribution in [1.82, 2.24) is 10.2 Å². The van der Waals surface area contributed by atoms with Gasteiger partial charge in [0, 0.05) is 25.2 Å². The van der Waals surface area contributed by atoms with Crippen LogP contribution in [0.1, 0.15) is 41.0 Å². The fourth-order valence-electron chi connectivity index (χ4n) is 2.33. The van der Waals surface area contributed by atoms with Gasteiger partial charge in [0.1, 0.15) is 0 Å². The lowest BCUT2D eigenvalue weighted by Crippen LogP contribution is -2.59. The normalized spacial score (nSPS) is 27.4. The molecule has 1 aliphatic heterocycles. The van der Waals surface area contributed by atoms with Crippen LogP contribution in [0.2, 0.25) is 0 Å². The molecule has 17 heavy (non-hydrogen) atoms. The van der Waals surface area contributed by atoms with Crippen LogP contribution in [-0.4, -0.2) is 48.1 Å². The molecule has 0 aromatic rings. The molecule has 2 atom stereocenters. The number of hydrogen-bond donors (Lipinski definition) is 1.